The Bertz CT molecular complexity index is 1290. The Labute approximate surface area is 230 Å². The van der Waals surface area contributed by atoms with E-state index in [0.717, 1.165) is 42.6 Å². The van der Waals surface area contributed by atoms with E-state index in [1.54, 1.807) is 26.4 Å². The van der Waals surface area contributed by atoms with Crippen LogP contribution in [-0.2, 0) is 20.9 Å². The van der Waals surface area contributed by atoms with Gasteiger partial charge in [0.1, 0.15) is 12.4 Å². The Morgan fingerprint density at radius 2 is 1.66 bits per heavy atom. The minimum Gasteiger partial charge on any atom is -0.493 e. The maximum absolute atomic E-state index is 13.6. The molecule has 38 heavy (non-hydrogen) atoms. The van der Waals surface area contributed by atoms with Crippen LogP contribution in [0.4, 0.5) is 4.39 Å². The Morgan fingerprint density at radius 1 is 0.974 bits per heavy atom. The SMILES string of the molecule is COCCN1C2=C(C(=O)CCC2)C(c2cc(Br)c(OCc3cccc(F)c3)c(OC)c2)C2=C1CCCC2=O. The summed E-state index contributed by atoms with van der Waals surface area (Å²) in [5.74, 6) is 0.346. The molecular formula is C30H31BrFNO5. The van der Waals surface area contributed by atoms with E-state index in [9.17, 15) is 14.0 Å². The molecule has 3 aliphatic rings. The van der Waals surface area contributed by atoms with Gasteiger partial charge in [-0.2, -0.15) is 0 Å². The Hall–Kier alpha value is -2.97. The predicted octanol–water partition coefficient (Wildman–Crippen LogP) is 6.24. The summed E-state index contributed by atoms with van der Waals surface area (Å²) in [5, 5.41) is 0. The van der Waals surface area contributed by atoms with Crippen molar-refractivity contribution in [2.24, 2.45) is 0 Å². The lowest BCUT2D eigenvalue weighted by atomic mass is 9.71. The number of ketones is 2. The highest BCUT2D eigenvalue weighted by Crippen LogP contribution is 2.51. The summed E-state index contributed by atoms with van der Waals surface area (Å²) in [4.78, 5) is 29.1. The molecule has 2 aromatic rings. The van der Waals surface area contributed by atoms with Gasteiger partial charge < -0.3 is 19.1 Å². The van der Waals surface area contributed by atoms with Gasteiger partial charge in [-0.05, 0) is 77.0 Å². The number of Topliss-reactive ketones (excluding diaryl/α,β-unsaturated/α-hetero) is 2. The topological polar surface area (TPSA) is 65.1 Å². The highest BCUT2D eigenvalue weighted by molar-refractivity contribution is 9.10. The second kappa shape index (κ2) is 11.4. The lowest BCUT2D eigenvalue weighted by Gasteiger charge is -2.44. The van der Waals surface area contributed by atoms with E-state index in [4.69, 9.17) is 14.2 Å². The fraction of sp³-hybridized carbons (Fsp3) is 0.400. The fourth-order valence-corrected chi connectivity index (χ4v) is 6.41. The first-order valence-corrected chi connectivity index (χ1v) is 13.8. The monoisotopic (exact) mass is 583 g/mol. The molecule has 2 aliphatic carbocycles. The van der Waals surface area contributed by atoms with Crippen LogP contribution < -0.4 is 9.47 Å². The van der Waals surface area contributed by atoms with Gasteiger partial charge in [0.15, 0.2) is 23.1 Å². The number of nitrogens with zero attached hydrogens (tertiary/aromatic N) is 1. The third-order valence-corrected chi connectivity index (χ3v) is 8.05. The highest BCUT2D eigenvalue weighted by atomic mass is 79.9. The number of halogens is 2. The molecule has 0 fully saturated rings. The molecule has 5 rings (SSSR count). The van der Waals surface area contributed by atoms with Crippen molar-refractivity contribution < 1.29 is 28.2 Å². The van der Waals surface area contributed by atoms with Crippen LogP contribution in [0, 0.1) is 5.82 Å². The number of ether oxygens (including phenoxy) is 3. The van der Waals surface area contributed by atoms with Crippen LogP contribution in [0.25, 0.3) is 0 Å². The van der Waals surface area contributed by atoms with Gasteiger partial charge in [-0.15, -0.1) is 0 Å². The van der Waals surface area contributed by atoms with Crippen molar-refractivity contribution in [1.82, 2.24) is 4.90 Å². The average molecular weight is 584 g/mol. The van der Waals surface area contributed by atoms with Gasteiger partial charge >= 0.3 is 0 Å². The van der Waals surface area contributed by atoms with Crippen LogP contribution >= 0.6 is 15.9 Å². The number of rotatable bonds is 8. The molecule has 0 radical (unpaired) electrons. The molecule has 0 aromatic heterocycles. The summed E-state index contributed by atoms with van der Waals surface area (Å²) >= 11 is 3.64. The van der Waals surface area contributed by atoms with Crippen molar-refractivity contribution >= 4 is 27.5 Å². The lowest BCUT2D eigenvalue weighted by molar-refractivity contribution is -0.117. The molecule has 8 heteroatoms. The van der Waals surface area contributed by atoms with E-state index < -0.39 is 5.92 Å². The van der Waals surface area contributed by atoms with Gasteiger partial charge in [-0.3, -0.25) is 9.59 Å². The second-order valence-electron chi connectivity index (χ2n) is 9.80. The Morgan fingerprint density at radius 3 is 2.26 bits per heavy atom. The largest absolute Gasteiger partial charge is 0.493 e. The summed E-state index contributed by atoms with van der Waals surface area (Å²) in [5.41, 5.74) is 4.95. The maximum atomic E-state index is 13.6. The molecule has 1 heterocycles. The molecule has 0 saturated heterocycles. The first-order valence-electron chi connectivity index (χ1n) is 13.0. The summed E-state index contributed by atoms with van der Waals surface area (Å²) < 4.78 is 31.4. The molecule has 0 saturated carbocycles. The van der Waals surface area contributed by atoms with Crippen molar-refractivity contribution in [1.29, 1.82) is 0 Å². The van der Waals surface area contributed by atoms with E-state index in [0.29, 0.717) is 58.7 Å². The minimum absolute atomic E-state index is 0.0881. The average Bonchev–Trinajstić information content (AvgIpc) is 2.90. The Kier molecular flexibility index (Phi) is 8.00. The van der Waals surface area contributed by atoms with E-state index in [1.165, 1.54) is 12.1 Å². The van der Waals surface area contributed by atoms with Crippen molar-refractivity contribution in [2.45, 2.75) is 51.0 Å². The molecule has 1 aliphatic heterocycles. The molecule has 2 aromatic carbocycles. The number of hydrogen-bond donors (Lipinski definition) is 0. The Balaban J connectivity index is 1.59. The zero-order valence-corrected chi connectivity index (χ0v) is 23.2. The van der Waals surface area contributed by atoms with Crippen LogP contribution in [-0.4, -0.2) is 43.8 Å². The number of hydrogen-bond acceptors (Lipinski definition) is 6. The van der Waals surface area contributed by atoms with E-state index in [2.05, 4.69) is 20.8 Å². The van der Waals surface area contributed by atoms with Crippen molar-refractivity contribution in [3.8, 4) is 11.5 Å². The van der Waals surface area contributed by atoms with Crippen LogP contribution in [0.1, 0.15) is 55.6 Å². The molecule has 6 nitrogen and oxygen atoms in total. The summed E-state index contributed by atoms with van der Waals surface area (Å²) in [6.45, 7) is 1.28. The van der Waals surface area contributed by atoms with Gasteiger partial charge in [0, 0.05) is 55.0 Å². The van der Waals surface area contributed by atoms with Crippen molar-refractivity contribution in [2.75, 3.05) is 27.4 Å². The van der Waals surface area contributed by atoms with Gasteiger partial charge in [0.25, 0.3) is 0 Å². The number of benzene rings is 2. The van der Waals surface area contributed by atoms with Gasteiger partial charge in [0.2, 0.25) is 0 Å². The molecule has 200 valence electrons. The van der Waals surface area contributed by atoms with Crippen LogP contribution in [0.5, 0.6) is 11.5 Å². The normalized spacial score (nSPS) is 18.1. The van der Waals surface area contributed by atoms with Gasteiger partial charge in [-0.25, -0.2) is 4.39 Å². The first kappa shape index (κ1) is 26.6. The third-order valence-electron chi connectivity index (χ3n) is 7.46. The number of allylic oxidation sites excluding steroid dienone is 4. The van der Waals surface area contributed by atoms with E-state index in [1.807, 2.05) is 12.1 Å². The quantitative estimate of drug-likeness (QED) is 0.367. The number of methoxy groups -OCH3 is 2. The second-order valence-corrected chi connectivity index (χ2v) is 10.7. The predicted molar refractivity (Wildman–Crippen MR) is 145 cm³/mol. The van der Waals surface area contributed by atoms with Gasteiger partial charge in [0.05, 0.1) is 18.2 Å². The minimum atomic E-state index is -0.457. The smallest absolute Gasteiger partial charge is 0.175 e. The highest BCUT2D eigenvalue weighted by Gasteiger charge is 2.43. The van der Waals surface area contributed by atoms with Crippen LogP contribution in [0.2, 0.25) is 0 Å². The summed E-state index contributed by atoms with van der Waals surface area (Å²) in [6.07, 6.45) is 4.11. The molecule has 0 spiro atoms. The summed E-state index contributed by atoms with van der Waals surface area (Å²) in [6, 6.07) is 10.0. The third kappa shape index (κ3) is 5.04. The summed E-state index contributed by atoms with van der Waals surface area (Å²) in [7, 11) is 3.22. The molecule has 0 bridgehead atoms. The number of carbonyl (C=O) groups excluding carboxylic acids is 2. The zero-order valence-electron chi connectivity index (χ0n) is 21.6. The van der Waals surface area contributed by atoms with Crippen molar-refractivity contribution in [3.05, 3.63) is 80.4 Å². The van der Waals surface area contributed by atoms with Crippen molar-refractivity contribution in [3.63, 3.8) is 0 Å². The molecular weight excluding hydrogens is 553 g/mol. The molecule has 0 N–H and O–H groups in total. The molecule has 0 unspecified atom stereocenters. The first-order chi connectivity index (χ1) is 18.4. The van der Waals surface area contributed by atoms with Crippen LogP contribution in [0.15, 0.2) is 63.4 Å². The fourth-order valence-electron chi connectivity index (χ4n) is 5.83. The number of carbonyl (C=O) groups is 2. The van der Waals surface area contributed by atoms with Gasteiger partial charge in [-0.1, -0.05) is 12.1 Å². The molecule has 0 amide bonds. The standard InChI is InChI=1S/C30H31BrFNO5/c1-36-13-12-33-22-8-4-10-24(34)28(22)27(29-23(33)9-5-11-25(29)35)19-15-21(31)30(26(16-19)37-2)38-17-18-6-3-7-20(32)14-18/h3,6-7,14-16,27H,4-5,8-13,17H2,1-2H3. The maximum Gasteiger partial charge on any atom is 0.175 e. The lowest BCUT2D eigenvalue weighted by Crippen LogP contribution is -2.40. The van der Waals surface area contributed by atoms with E-state index >= 15 is 0 Å². The van der Waals surface area contributed by atoms with E-state index in [-0.39, 0.29) is 24.0 Å². The molecule has 0 atom stereocenters. The van der Waals surface area contributed by atoms with Crippen LogP contribution in [0.3, 0.4) is 0 Å². The zero-order chi connectivity index (χ0) is 26.8.